The Labute approximate surface area is 160 Å². The zero-order chi connectivity index (χ0) is 19.6. The Bertz CT molecular complexity index is 698. The lowest BCUT2D eigenvalue weighted by Crippen LogP contribution is -2.48. The van der Waals surface area contributed by atoms with Gasteiger partial charge in [0.25, 0.3) is 5.91 Å². The summed E-state index contributed by atoms with van der Waals surface area (Å²) >= 11 is 2.97. The number of ether oxygens (including phenoxy) is 1. The molecule has 1 fully saturated rings. The van der Waals surface area contributed by atoms with E-state index in [2.05, 4.69) is 15.9 Å². The van der Waals surface area contributed by atoms with Crippen molar-refractivity contribution in [2.75, 3.05) is 20.1 Å². The molecule has 0 N–H and O–H groups in total. The van der Waals surface area contributed by atoms with Gasteiger partial charge >= 0.3 is 6.09 Å². The van der Waals surface area contributed by atoms with Crippen LogP contribution in [0.3, 0.4) is 0 Å². The molecule has 26 heavy (non-hydrogen) atoms. The number of piperidine rings is 1. The molecule has 2 rings (SSSR count). The summed E-state index contributed by atoms with van der Waals surface area (Å²) in [5, 5.41) is 0. The van der Waals surface area contributed by atoms with Crippen molar-refractivity contribution in [3.05, 3.63) is 33.8 Å². The first kappa shape index (κ1) is 20.6. The van der Waals surface area contributed by atoms with Crippen LogP contribution >= 0.6 is 15.9 Å². The second-order valence-corrected chi connectivity index (χ2v) is 8.19. The molecule has 0 aliphatic carbocycles. The Kier molecular flexibility index (Phi) is 6.26. The molecule has 2 amide bonds. The van der Waals surface area contributed by atoms with Crippen molar-refractivity contribution in [1.29, 1.82) is 0 Å². The van der Waals surface area contributed by atoms with E-state index in [1.54, 1.807) is 27.8 Å². The van der Waals surface area contributed by atoms with Crippen LogP contribution in [-0.4, -0.2) is 53.6 Å². The van der Waals surface area contributed by atoms with Crippen LogP contribution in [0.15, 0.2) is 16.6 Å². The first-order valence-electron chi connectivity index (χ1n) is 8.40. The molecule has 144 valence electrons. The molecule has 0 aromatic heterocycles. The van der Waals surface area contributed by atoms with Crippen LogP contribution < -0.4 is 0 Å². The number of carbonyl (C=O) groups excluding carboxylic acids is 2. The second kappa shape index (κ2) is 7.90. The fraction of sp³-hybridized carbons (Fsp3) is 0.556. The smallest absolute Gasteiger partial charge is 0.410 e. The largest absolute Gasteiger partial charge is 0.444 e. The molecule has 1 aromatic carbocycles. The van der Waals surface area contributed by atoms with Gasteiger partial charge in [0, 0.05) is 26.2 Å². The molecule has 1 heterocycles. The van der Waals surface area contributed by atoms with Crippen molar-refractivity contribution in [3.8, 4) is 0 Å². The van der Waals surface area contributed by atoms with E-state index in [1.165, 1.54) is 15.9 Å². The van der Waals surface area contributed by atoms with E-state index in [-0.39, 0.29) is 10.5 Å². The molecule has 0 radical (unpaired) electrons. The summed E-state index contributed by atoms with van der Waals surface area (Å²) in [4.78, 5) is 27.6. The number of amides is 2. The number of hydrogen-bond donors (Lipinski definition) is 0. The molecule has 5 nitrogen and oxygen atoms in total. The maximum Gasteiger partial charge on any atom is 0.410 e. The van der Waals surface area contributed by atoms with Gasteiger partial charge in [0.05, 0.1) is 4.47 Å². The minimum atomic E-state index is -0.900. The second-order valence-electron chi connectivity index (χ2n) is 7.33. The molecule has 1 aliphatic rings. The fourth-order valence-electron chi connectivity index (χ4n) is 2.82. The molecule has 1 saturated heterocycles. The summed E-state index contributed by atoms with van der Waals surface area (Å²) in [5.41, 5.74) is -1.14. The molecule has 0 saturated carbocycles. The molecule has 0 atom stereocenters. The van der Waals surface area contributed by atoms with Gasteiger partial charge in [0.1, 0.15) is 17.0 Å². The van der Waals surface area contributed by atoms with Crippen molar-refractivity contribution >= 4 is 27.9 Å². The molecular formula is C18H23BrF2N2O3. The highest BCUT2D eigenvalue weighted by Gasteiger charge is 2.32. The molecular weight excluding hydrogens is 410 g/mol. The number of rotatable bonds is 2. The fourth-order valence-corrected chi connectivity index (χ4v) is 3.15. The van der Waals surface area contributed by atoms with Crippen LogP contribution in [0, 0.1) is 11.6 Å². The highest BCUT2D eigenvalue weighted by molar-refractivity contribution is 9.10. The maximum absolute atomic E-state index is 14.1. The third-order valence-corrected chi connectivity index (χ3v) is 4.85. The Hall–Kier alpha value is -1.70. The van der Waals surface area contributed by atoms with E-state index in [0.717, 1.165) is 6.07 Å². The van der Waals surface area contributed by atoms with Crippen LogP contribution in [0.1, 0.15) is 44.0 Å². The van der Waals surface area contributed by atoms with Crippen molar-refractivity contribution in [3.63, 3.8) is 0 Å². The predicted octanol–water partition coefficient (Wildman–Crippen LogP) is 4.20. The average Bonchev–Trinajstić information content (AvgIpc) is 2.56. The van der Waals surface area contributed by atoms with Crippen LogP contribution in [0.5, 0.6) is 0 Å². The molecule has 1 aliphatic heterocycles. The van der Waals surface area contributed by atoms with Gasteiger partial charge in [-0.15, -0.1) is 0 Å². The number of nitrogens with zero attached hydrogens (tertiary/aromatic N) is 2. The molecule has 1 aromatic rings. The molecule has 0 spiro atoms. The van der Waals surface area contributed by atoms with Crippen molar-refractivity contribution < 1.29 is 23.1 Å². The number of halogens is 3. The zero-order valence-corrected chi connectivity index (χ0v) is 16.9. The van der Waals surface area contributed by atoms with Gasteiger partial charge in [-0.25, -0.2) is 13.6 Å². The third kappa shape index (κ3) is 4.72. The topological polar surface area (TPSA) is 49.9 Å². The minimum absolute atomic E-state index is 0.0433. The first-order valence-corrected chi connectivity index (χ1v) is 9.19. The maximum atomic E-state index is 14.1. The monoisotopic (exact) mass is 432 g/mol. The highest BCUT2D eigenvalue weighted by atomic mass is 79.9. The summed E-state index contributed by atoms with van der Waals surface area (Å²) in [6.45, 7) is 5.99. The van der Waals surface area contributed by atoms with E-state index >= 15 is 0 Å². The lowest BCUT2D eigenvalue weighted by molar-refractivity contribution is 0.0155. The van der Waals surface area contributed by atoms with Crippen LogP contribution in [0.4, 0.5) is 13.6 Å². The standard InChI is InChI=1S/C18H23BrF2N2O3/c1-18(2,3)26-17(25)22(4)11-7-9-23(10-8-11)16(24)14-13(20)6-5-12(19)15(14)21/h5-6,11H,7-10H2,1-4H3. The van der Waals surface area contributed by atoms with Gasteiger partial charge < -0.3 is 14.5 Å². The number of benzene rings is 1. The van der Waals surface area contributed by atoms with Crippen LogP contribution in [0.25, 0.3) is 0 Å². The van der Waals surface area contributed by atoms with Crippen molar-refractivity contribution in [2.24, 2.45) is 0 Å². The minimum Gasteiger partial charge on any atom is -0.444 e. The van der Waals surface area contributed by atoms with Gasteiger partial charge in [-0.05, 0) is 61.7 Å². The molecule has 0 unspecified atom stereocenters. The van der Waals surface area contributed by atoms with Crippen LogP contribution in [-0.2, 0) is 4.74 Å². The van der Waals surface area contributed by atoms with Crippen LogP contribution in [0.2, 0.25) is 0 Å². The van der Waals surface area contributed by atoms with E-state index in [1.807, 2.05) is 0 Å². The predicted molar refractivity (Wildman–Crippen MR) is 97.0 cm³/mol. The summed E-state index contributed by atoms with van der Waals surface area (Å²) in [7, 11) is 1.66. The Balaban J connectivity index is 2.01. The molecule has 0 bridgehead atoms. The Morgan fingerprint density at radius 1 is 1.23 bits per heavy atom. The number of hydrogen-bond acceptors (Lipinski definition) is 3. The summed E-state index contributed by atoms with van der Waals surface area (Å²) in [6, 6.07) is 2.19. The van der Waals surface area contributed by atoms with E-state index in [9.17, 15) is 18.4 Å². The van der Waals surface area contributed by atoms with Gasteiger partial charge in [-0.3, -0.25) is 4.79 Å². The Morgan fingerprint density at radius 3 is 2.35 bits per heavy atom. The SMILES string of the molecule is CN(C(=O)OC(C)(C)C)C1CCN(C(=O)c2c(F)ccc(Br)c2F)CC1. The van der Waals surface area contributed by atoms with Crippen molar-refractivity contribution in [2.45, 2.75) is 45.3 Å². The third-order valence-electron chi connectivity index (χ3n) is 4.24. The number of likely N-dealkylation sites (tertiary alicyclic amines) is 1. The quantitative estimate of drug-likeness (QED) is 0.657. The normalized spacial score (nSPS) is 15.7. The van der Waals surface area contributed by atoms with Gasteiger partial charge in [-0.1, -0.05) is 0 Å². The van der Waals surface area contributed by atoms with Gasteiger partial charge in [0.2, 0.25) is 0 Å². The first-order chi connectivity index (χ1) is 12.0. The average molecular weight is 433 g/mol. The lowest BCUT2D eigenvalue weighted by atomic mass is 10.0. The summed E-state index contributed by atoms with van der Waals surface area (Å²) in [5.74, 6) is -2.47. The zero-order valence-electron chi connectivity index (χ0n) is 15.3. The van der Waals surface area contributed by atoms with E-state index < -0.39 is 34.8 Å². The Morgan fingerprint density at radius 2 is 1.81 bits per heavy atom. The summed E-state index contributed by atoms with van der Waals surface area (Å²) in [6.07, 6.45) is 0.601. The molecule has 8 heteroatoms. The lowest BCUT2D eigenvalue weighted by Gasteiger charge is -2.37. The highest BCUT2D eigenvalue weighted by Crippen LogP contribution is 2.25. The number of carbonyl (C=O) groups is 2. The van der Waals surface area contributed by atoms with E-state index in [4.69, 9.17) is 4.74 Å². The van der Waals surface area contributed by atoms with E-state index in [0.29, 0.717) is 25.9 Å². The van der Waals surface area contributed by atoms with Crippen molar-refractivity contribution in [1.82, 2.24) is 9.80 Å². The van der Waals surface area contributed by atoms with Gasteiger partial charge in [0.15, 0.2) is 5.82 Å². The van der Waals surface area contributed by atoms with Gasteiger partial charge in [-0.2, -0.15) is 0 Å². The summed E-state index contributed by atoms with van der Waals surface area (Å²) < 4.78 is 33.4.